The van der Waals surface area contributed by atoms with Crippen LogP contribution in [0.4, 0.5) is 0 Å². The van der Waals surface area contributed by atoms with Crippen LogP contribution in [-0.4, -0.2) is 4.98 Å². The van der Waals surface area contributed by atoms with Crippen LogP contribution in [-0.2, 0) is 0 Å². The number of rotatable bonds is 5. The Bertz CT molecular complexity index is 868. The topological polar surface area (TPSA) is 26.0 Å². The second kappa shape index (κ2) is 7.51. The van der Waals surface area contributed by atoms with E-state index < -0.39 is 7.26 Å². The van der Waals surface area contributed by atoms with Crippen molar-refractivity contribution in [2.75, 3.05) is 0 Å². The van der Waals surface area contributed by atoms with Gasteiger partial charge in [0, 0.05) is 0 Å². The van der Waals surface area contributed by atoms with Crippen LogP contribution in [0.3, 0.4) is 0 Å². The molecule has 0 amide bonds. The molecule has 0 saturated carbocycles. The first kappa shape index (κ1) is 16.5. The molecular weight excluding hydrogens is 337 g/mol. The zero-order valence-electron chi connectivity index (χ0n) is 14.2. The third kappa shape index (κ3) is 3.12. The molecule has 1 heterocycles. The van der Waals surface area contributed by atoms with Crippen molar-refractivity contribution in [1.82, 2.24) is 4.98 Å². The Morgan fingerprint density at radius 1 is 0.692 bits per heavy atom. The van der Waals surface area contributed by atoms with E-state index in [0.717, 1.165) is 0 Å². The van der Waals surface area contributed by atoms with Crippen LogP contribution in [0.25, 0.3) is 0 Å². The first-order valence-corrected chi connectivity index (χ1v) is 10.6. The monoisotopic (exact) mass is 356 g/mol. The molecule has 0 saturated heterocycles. The van der Waals surface area contributed by atoms with Gasteiger partial charge in [-0.2, -0.15) is 0 Å². The molecule has 0 N–H and O–H groups in total. The van der Waals surface area contributed by atoms with E-state index in [4.69, 9.17) is 4.42 Å². The van der Waals surface area contributed by atoms with Crippen molar-refractivity contribution in [2.45, 2.75) is 0 Å². The van der Waals surface area contributed by atoms with Gasteiger partial charge in [-0.15, -0.1) is 0 Å². The maximum atomic E-state index is 5.41. The molecule has 0 spiro atoms. The number of hydrogen-bond acceptors (Lipinski definition) is 2. The van der Waals surface area contributed by atoms with Crippen LogP contribution in [0.2, 0.25) is 0 Å². The number of hydrogen-bond donors (Lipinski definition) is 0. The van der Waals surface area contributed by atoms with Crippen LogP contribution in [0.1, 0.15) is 5.76 Å². The minimum absolute atomic E-state index is 0.643. The molecule has 1 aromatic heterocycles. The minimum atomic E-state index is -2.40. The van der Waals surface area contributed by atoms with Gasteiger partial charge in [0.25, 0.3) is 0 Å². The number of aromatic nitrogens is 1. The van der Waals surface area contributed by atoms with Gasteiger partial charge in [0.05, 0.1) is 0 Å². The molecule has 127 valence electrons. The van der Waals surface area contributed by atoms with E-state index in [1.165, 1.54) is 22.3 Å². The zero-order valence-corrected chi connectivity index (χ0v) is 15.2. The van der Waals surface area contributed by atoms with Crippen molar-refractivity contribution in [3.05, 3.63) is 121 Å². The number of benzene rings is 3. The summed E-state index contributed by atoms with van der Waals surface area (Å²) in [6.45, 7) is 0. The molecule has 0 atom stereocenters. The van der Waals surface area contributed by atoms with E-state index in [1.54, 1.807) is 6.20 Å². The summed E-state index contributed by atoms with van der Waals surface area (Å²) in [7, 11) is -2.40. The van der Waals surface area contributed by atoms with Crippen molar-refractivity contribution in [2.24, 2.45) is 0 Å². The molecule has 1 radical (unpaired) electrons. The molecule has 3 heteroatoms. The molecule has 0 unspecified atom stereocenters. The Balaban J connectivity index is 2.00. The second-order valence-electron chi connectivity index (χ2n) is 6.06. The zero-order chi connectivity index (χ0) is 17.7. The van der Waals surface area contributed by atoms with E-state index in [-0.39, 0.29) is 0 Å². The maximum absolute atomic E-state index is 5.41. The molecule has 26 heavy (non-hydrogen) atoms. The van der Waals surface area contributed by atoms with Crippen LogP contribution in [0.15, 0.2) is 114 Å². The Morgan fingerprint density at radius 2 is 1.15 bits per heavy atom. The quantitative estimate of drug-likeness (QED) is 0.504. The molecule has 0 aliphatic rings. The predicted molar refractivity (Wildman–Crippen MR) is 110 cm³/mol. The van der Waals surface area contributed by atoms with Crippen LogP contribution < -0.4 is 15.9 Å². The Hall–Kier alpha value is -2.96. The van der Waals surface area contributed by atoms with Gasteiger partial charge in [0.2, 0.25) is 0 Å². The van der Waals surface area contributed by atoms with Crippen LogP contribution in [0, 0.1) is 6.08 Å². The van der Waals surface area contributed by atoms with Crippen molar-refractivity contribution in [3.8, 4) is 0 Å². The molecule has 3 aromatic carbocycles. The third-order valence-corrected chi connectivity index (χ3v) is 8.86. The van der Waals surface area contributed by atoms with Crippen LogP contribution >= 0.6 is 7.26 Å². The summed E-state index contributed by atoms with van der Waals surface area (Å²) in [5.41, 5.74) is 0. The van der Waals surface area contributed by atoms with Crippen molar-refractivity contribution >= 4 is 23.2 Å². The molecule has 0 aliphatic carbocycles. The molecular formula is C23H19NOP. The number of oxazole rings is 1. The standard InChI is InChI=1S/C23H19NOP/c1-4-10-21(11-5-1)26(22-12-6-2-7-13-22,23-14-8-3-9-15-23)17-16-20-18-24-19-25-20/h1-15,17-19,26H. The summed E-state index contributed by atoms with van der Waals surface area (Å²) in [6.07, 6.45) is 6.50. The average Bonchev–Trinajstić information content (AvgIpc) is 3.25. The van der Waals surface area contributed by atoms with E-state index in [9.17, 15) is 0 Å². The SMILES string of the molecule is [C](=C[PH](c1ccccc1)(c1ccccc1)c1ccccc1)c1cnco1. The molecule has 0 aliphatic heterocycles. The van der Waals surface area contributed by atoms with Gasteiger partial charge in [0.1, 0.15) is 0 Å². The molecule has 4 rings (SSSR count). The summed E-state index contributed by atoms with van der Waals surface area (Å²) in [6, 6.07) is 32.1. The normalized spacial score (nSPS) is 12.3. The van der Waals surface area contributed by atoms with E-state index in [0.29, 0.717) is 5.76 Å². The summed E-state index contributed by atoms with van der Waals surface area (Å²) in [5, 5.41) is 3.93. The Kier molecular flexibility index (Phi) is 4.77. The third-order valence-electron chi connectivity index (χ3n) is 4.55. The molecule has 4 aromatic rings. The van der Waals surface area contributed by atoms with Crippen molar-refractivity contribution < 1.29 is 4.42 Å². The van der Waals surface area contributed by atoms with E-state index in [2.05, 4.69) is 108 Å². The van der Waals surface area contributed by atoms with Crippen LogP contribution in [0.5, 0.6) is 0 Å². The van der Waals surface area contributed by atoms with Crippen molar-refractivity contribution in [3.63, 3.8) is 0 Å². The molecule has 2 nitrogen and oxygen atoms in total. The van der Waals surface area contributed by atoms with Gasteiger partial charge in [-0.25, -0.2) is 0 Å². The Morgan fingerprint density at radius 3 is 1.54 bits per heavy atom. The molecule has 0 bridgehead atoms. The molecule has 0 fully saturated rings. The fourth-order valence-corrected chi connectivity index (χ4v) is 7.33. The average molecular weight is 356 g/mol. The first-order chi connectivity index (χ1) is 12.9. The predicted octanol–water partition coefficient (Wildman–Crippen LogP) is 4.07. The first-order valence-electron chi connectivity index (χ1n) is 8.55. The fourth-order valence-electron chi connectivity index (χ4n) is 3.32. The summed E-state index contributed by atoms with van der Waals surface area (Å²) in [4.78, 5) is 4.01. The van der Waals surface area contributed by atoms with E-state index >= 15 is 0 Å². The van der Waals surface area contributed by atoms with Gasteiger partial charge in [-0.1, -0.05) is 0 Å². The summed E-state index contributed by atoms with van der Waals surface area (Å²) < 4.78 is 5.41. The van der Waals surface area contributed by atoms with Gasteiger partial charge in [-0.05, 0) is 0 Å². The van der Waals surface area contributed by atoms with Crippen molar-refractivity contribution in [1.29, 1.82) is 0 Å². The van der Waals surface area contributed by atoms with Gasteiger partial charge in [-0.3, -0.25) is 0 Å². The fraction of sp³-hybridized carbons (Fsp3) is 0. The van der Waals surface area contributed by atoms with Gasteiger partial charge >= 0.3 is 154 Å². The number of nitrogens with zero attached hydrogens (tertiary/aromatic N) is 1. The summed E-state index contributed by atoms with van der Waals surface area (Å²) in [5.74, 6) is 2.86. The Labute approximate surface area is 154 Å². The van der Waals surface area contributed by atoms with Gasteiger partial charge in [0.15, 0.2) is 0 Å². The second-order valence-corrected chi connectivity index (χ2v) is 9.70. The summed E-state index contributed by atoms with van der Waals surface area (Å²) >= 11 is 0. The van der Waals surface area contributed by atoms with Gasteiger partial charge < -0.3 is 0 Å². The van der Waals surface area contributed by atoms with E-state index in [1.807, 2.05) is 0 Å².